The molecule has 0 aliphatic heterocycles. The maximum Gasteiger partial charge on any atom is 0.251 e. The summed E-state index contributed by atoms with van der Waals surface area (Å²) >= 11 is 0. The largest absolute Gasteiger partial charge is 0.356 e. The summed E-state index contributed by atoms with van der Waals surface area (Å²) in [6, 6.07) is 9.74. The number of guanidine groups is 1. The van der Waals surface area contributed by atoms with Gasteiger partial charge < -0.3 is 16.0 Å². The van der Waals surface area contributed by atoms with Crippen molar-refractivity contribution >= 4 is 35.8 Å². The Bertz CT molecular complexity index is 802. The number of nitrogens with one attached hydrogen (secondary N) is 3. The van der Waals surface area contributed by atoms with Gasteiger partial charge in [0, 0.05) is 44.5 Å². The van der Waals surface area contributed by atoms with Gasteiger partial charge >= 0.3 is 0 Å². The minimum absolute atomic E-state index is 0. The zero-order chi connectivity index (χ0) is 20.4. The first-order chi connectivity index (χ1) is 13.5. The number of hydrogen-bond acceptors (Lipinski definition) is 3. The summed E-state index contributed by atoms with van der Waals surface area (Å²) in [5, 5.41) is 14.0. The summed E-state index contributed by atoms with van der Waals surface area (Å²) in [5.41, 5.74) is 3.95. The second-order valence-electron chi connectivity index (χ2n) is 6.81. The lowest BCUT2D eigenvalue weighted by molar-refractivity contribution is 0.0953. The summed E-state index contributed by atoms with van der Waals surface area (Å²) in [4.78, 5) is 16.4. The van der Waals surface area contributed by atoms with E-state index in [1.807, 2.05) is 42.8 Å². The molecule has 160 valence electrons. The van der Waals surface area contributed by atoms with E-state index in [0.29, 0.717) is 18.7 Å². The number of hydrogen-bond donors (Lipinski definition) is 3. The maximum atomic E-state index is 12.1. The van der Waals surface area contributed by atoms with Crippen LogP contribution in [0.15, 0.2) is 35.3 Å². The number of halogens is 1. The van der Waals surface area contributed by atoms with Crippen molar-refractivity contribution < 1.29 is 4.79 Å². The van der Waals surface area contributed by atoms with E-state index in [2.05, 4.69) is 39.0 Å². The molecule has 7 nitrogen and oxygen atoms in total. The summed E-state index contributed by atoms with van der Waals surface area (Å²) < 4.78 is 2.03. The lowest BCUT2D eigenvalue weighted by Crippen LogP contribution is -2.37. The van der Waals surface area contributed by atoms with Crippen LogP contribution in [0.1, 0.15) is 47.1 Å². The second-order valence-corrected chi connectivity index (χ2v) is 6.81. The van der Waals surface area contributed by atoms with E-state index in [1.54, 1.807) is 7.05 Å². The molecule has 0 spiro atoms. The molecule has 1 aromatic carbocycles. The molecule has 1 aromatic heterocycles. The van der Waals surface area contributed by atoms with Crippen LogP contribution in [0.4, 0.5) is 0 Å². The van der Waals surface area contributed by atoms with Gasteiger partial charge in [-0.1, -0.05) is 19.1 Å². The molecular weight excluding hydrogens is 479 g/mol. The van der Waals surface area contributed by atoms with Crippen molar-refractivity contribution in [2.45, 2.75) is 46.7 Å². The number of aromatic nitrogens is 2. The van der Waals surface area contributed by atoms with Gasteiger partial charge in [-0.2, -0.15) is 5.10 Å². The fraction of sp³-hybridized carbons (Fsp3) is 0.476. The Morgan fingerprint density at radius 2 is 1.93 bits per heavy atom. The number of aliphatic imine (C=N–C) groups is 1. The minimum atomic E-state index is -0.0321. The number of nitrogens with zero attached hydrogens (tertiary/aromatic N) is 3. The molecule has 0 aliphatic rings. The summed E-state index contributed by atoms with van der Waals surface area (Å²) in [6.45, 7) is 9.09. The van der Waals surface area contributed by atoms with Crippen LogP contribution in [-0.4, -0.2) is 41.8 Å². The molecule has 2 rings (SSSR count). The van der Waals surface area contributed by atoms with Gasteiger partial charge in [0.05, 0.1) is 5.69 Å². The fourth-order valence-electron chi connectivity index (χ4n) is 2.91. The highest BCUT2D eigenvalue weighted by Crippen LogP contribution is 2.05. The molecule has 3 N–H and O–H groups in total. The molecule has 0 atom stereocenters. The maximum absolute atomic E-state index is 12.1. The smallest absolute Gasteiger partial charge is 0.251 e. The van der Waals surface area contributed by atoms with Gasteiger partial charge in [-0.3, -0.25) is 14.5 Å². The third-order valence-electron chi connectivity index (χ3n) is 4.35. The highest BCUT2D eigenvalue weighted by molar-refractivity contribution is 14.0. The monoisotopic (exact) mass is 512 g/mol. The molecule has 0 saturated heterocycles. The molecule has 2 aromatic rings. The quantitative estimate of drug-likeness (QED) is 0.209. The molecular formula is C21H33IN6O. The number of aryl methyl sites for hydroxylation is 3. The Balaban J connectivity index is 0.00000420. The van der Waals surface area contributed by atoms with Crippen molar-refractivity contribution in [3.8, 4) is 0 Å². The SMILES string of the molecule is CCCNC(=O)c1cccc(CNC(=NC)NCCCn2nc(C)cc2C)c1.I. The summed E-state index contributed by atoms with van der Waals surface area (Å²) in [5.74, 6) is 0.713. The average molecular weight is 512 g/mol. The zero-order valence-electron chi connectivity index (χ0n) is 17.8. The first-order valence-electron chi connectivity index (χ1n) is 9.86. The number of carbonyl (C=O) groups is 1. The topological polar surface area (TPSA) is 83.3 Å². The van der Waals surface area contributed by atoms with Gasteiger partial charge in [-0.15, -0.1) is 24.0 Å². The van der Waals surface area contributed by atoms with Crippen LogP contribution < -0.4 is 16.0 Å². The molecule has 0 aliphatic carbocycles. The second kappa shape index (κ2) is 13.2. The van der Waals surface area contributed by atoms with E-state index < -0.39 is 0 Å². The van der Waals surface area contributed by atoms with E-state index in [-0.39, 0.29) is 29.9 Å². The molecule has 0 unspecified atom stereocenters. The zero-order valence-corrected chi connectivity index (χ0v) is 20.1. The van der Waals surface area contributed by atoms with Crippen LogP contribution in [0.3, 0.4) is 0 Å². The molecule has 1 heterocycles. The van der Waals surface area contributed by atoms with Crippen LogP contribution in [0.2, 0.25) is 0 Å². The standard InChI is InChI=1S/C21H32N6O.HI/c1-5-10-23-20(28)19-9-6-8-18(14-19)15-25-21(22-4)24-11-7-12-27-17(3)13-16(2)26-27;/h6,8-9,13-14H,5,7,10-12,15H2,1-4H3,(H,23,28)(H2,22,24,25);1H. The van der Waals surface area contributed by atoms with Crippen LogP contribution in [0.25, 0.3) is 0 Å². The Kier molecular flexibility index (Phi) is 11.3. The number of benzene rings is 1. The molecule has 0 fully saturated rings. The van der Waals surface area contributed by atoms with Crippen molar-refractivity contribution in [2.75, 3.05) is 20.1 Å². The Labute approximate surface area is 190 Å². The summed E-state index contributed by atoms with van der Waals surface area (Å²) in [7, 11) is 1.75. The highest BCUT2D eigenvalue weighted by Gasteiger charge is 2.06. The van der Waals surface area contributed by atoms with Gasteiger partial charge in [0.15, 0.2) is 5.96 Å². The molecule has 8 heteroatoms. The fourth-order valence-corrected chi connectivity index (χ4v) is 2.91. The molecule has 0 radical (unpaired) electrons. The van der Waals surface area contributed by atoms with Gasteiger partial charge in [0.2, 0.25) is 0 Å². The summed E-state index contributed by atoms with van der Waals surface area (Å²) in [6.07, 6.45) is 1.88. The van der Waals surface area contributed by atoms with Crippen molar-refractivity contribution in [1.82, 2.24) is 25.7 Å². The van der Waals surface area contributed by atoms with E-state index >= 15 is 0 Å². The Morgan fingerprint density at radius 3 is 2.59 bits per heavy atom. The van der Waals surface area contributed by atoms with Crippen molar-refractivity contribution in [2.24, 2.45) is 4.99 Å². The molecule has 1 amide bonds. The van der Waals surface area contributed by atoms with Gasteiger partial charge in [0.25, 0.3) is 5.91 Å². The minimum Gasteiger partial charge on any atom is -0.356 e. The van der Waals surface area contributed by atoms with E-state index in [9.17, 15) is 4.79 Å². The van der Waals surface area contributed by atoms with Crippen LogP contribution >= 0.6 is 24.0 Å². The van der Waals surface area contributed by atoms with E-state index in [4.69, 9.17) is 0 Å². The molecule has 0 saturated carbocycles. The van der Waals surface area contributed by atoms with Crippen LogP contribution in [0.5, 0.6) is 0 Å². The van der Waals surface area contributed by atoms with Crippen molar-refractivity contribution in [1.29, 1.82) is 0 Å². The Hall–Kier alpha value is -2.10. The van der Waals surface area contributed by atoms with Crippen LogP contribution in [0, 0.1) is 13.8 Å². The molecule has 29 heavy (non-hydrogen) atoms. The van der Waals surface area contributed by atoms with Gasteiger partial charge in [-0.25, -0.2) is 0 Å². The van der Waals surface area contributed by atoms with Gasteiger partial charge in [0.1, 0.15) is 0 Å². The number of rotatable bonds is 9. The molecule has 0 bridgehead atoms. The highest BCUT2D eigenvalue weighted by atomic mass is 127. The normalized spacial score (nSPS) is 11.0. The van der Waals surface area contributed by atoms with Crippen LogP contribution in [-0.2, 0) is 13.1 Å². The van der Waals surface area contributed by atoms with Crippen molar-refractivity contribution in [3.63, 3.8) is 0 Å². The van der Waals surface area contributed by atoms with Gasteiger partial charge in [-0.05, 0) is 50.5 Å². The lowest BCUT2D eigenvalue weighted by Gasteiger charge is -2.13. The lowest BCUT2D eigenvalue weighted by atomic mass is 10.1. The first-order valence-corrected chi connectivity index (χ1v) is 9.86. The first kappa shape index (κ1) is 24.9. The third kappa shape index (κ3) is 8.43. The Morgan fingerprint density at radius 1 is 1.14 bits per heavy atom. The number of amides is 1. The van der Waals surface area contributed by atoms with E-state index in [0.717, 1.165) is 43.1 Å². The average Bonchev–Trinajstić information content (AvgIpc) is 3.02. The predicted octanol–water partition coefficient (Wildman–Crippen LogP) is 3.01. The van der Waals surface area contributed by atoms with Crippen molar-refractivity contribution in [3.05, 3.63) is 52.8 Å². The third-order valence-corrected chi connectivity index (χ3v) is 4.35. The van der Waals surface area contributed by atoms with E-state index in [1.165, 1.54) is 5.69 Å². The predicted molar refractivity (Wildman–Crippen MR) is 129 cm³/mol. The number of carbonyl (C=O) groups excluding carboxylic acids is 1.